The Kier molecular flexibility index (Phi) is 2.60. The molecule has 3 N–H and O–H groups in total. The third-order valence-electron chi connectivity index (χ3n) is 2.69. The summed E-state index contributed by atoms with van der Waals surface area (Å²) in [4.78, 5) is 15.8. The van der Waals surface area contributed by atoms with Gasteiger partial charge in [0.25, 0.3) is 5.91 Å². The average Bonchev–Trinajstić information content (AvgIpc) is 2.91. The number of rotatable bonds is 2. The van der Waals surface area contributed by atoms with Crippen molar-refractivity contribution in [3.63, 3.8) is 0 Å². The maximum absolute atomic E-state index is 11.9. The standard InChI is InChI=1S/C12H12N4O2/c17-11(16-12-15-5-6-18-12)8-1-2-9-10(7-8)14-4-3-13-9/h1-2,5-7,13-14H,3-4H2,(H,15,16,17). The normalized spacial score (nSPS) is 13.1. The van der Waals surface area contributed by atoms with Crippen molar-refractivity contribution < 1.29 is 9.21 Å². The lowest BCUT2D eigenvalue weighted by Crippen LogP contribution is -2.21. The first-order valence-corrected chi connectivity index (χ1v) is 5.65. The molecule has 92 valence electrons. The van der Waals surface area contributed by atoms with Crippen molar-refractivity contribution in [1.82, 2.24) is 4.98 Å². The highest BCUT2D eigenvalue weighted by atomic mass is 16.4. The minimum atomic E-state index is -0.243. The number of nitrogens with zero attached hydrogens (tertiary/aromatic N) is 1. The second-order valence-corrected chi connectivity index (χ2v) is 3.91. The molecule has 1 aromatic carbocycles. The minimum absolute atomic E-state index is 0.198. The van der Waals surface area contributed by atoms with E-state index >= 15 is 0 Å². The van der Waals surface area contributed by atoms with Crippen LogP contribution >= 0.6 is 0 Å². The Morgan fingerprint density at radius 2 is 2.11 bits per heavy atom. The lowest BCUT2D eigenvalue weighted by molar-refractivity contribution is 0.102. The van der Waals surface area contributed by atoms with Crippen molar-refractivity contribution in [2.24, 2.45) is 0 Å². The predicted octanol–water partition coefficient (Wildman–Crippen LogP) is 1.76. The highest BCUT2D eigenvalue weighted by molar-refractivity contribution is 6.04. The molecule has 2 heterocycles. The smallest absolute Gasteiger partial charge is 0.301 e. The molecule has 3 rings (SSSR count). The van der Waals surface area contributed by atoms with Crippen LogP contribution in [0.3, 0.4) is 0 Å². The van der Waals surface area contributed by atoms with E-state index in [0.29, 0.717) is 5.56 Å². The topological polar surface area (TPSA) is 79.2 Å². The summed E-state index contributed by atoms with van der Waals surface area (Å²) in [5, 5.41) is 9.06. The van der Waals surface area contributed by atoms with Gasteiger partial charge in [-0.25, -0.2) is 4.98 Å². The quantitative estimate of drug-likeness (QED) is 0.750. The van der Waals surface area contributed by atoms with Crippen molar-refractivity contribution >= 4 is 23.3 Å². The Hall–Kier alpha value is -2.50. The molecular weight excluding hydrogens is 232 g/mol. The van der Waals surface area contributed by atoms with E-state index in [2.05, 4.69) is 20.9 Å². The number of anilines is 3. The molecule has 0 atom stereocenters. The van der Waals surface area contributed by atoms with E-state index in [4.69, 9.17) is 4.42 Å². The highest BCUT2D eigenvalue weighted by Gasteiger charge is 2.13. The number of aromatic nitrogens is 1. The highest BCUT2D eigenvalue weighted by Crippen LogP contribution is 2.25. The Morgan fingerprint density at radius 3 is 2.89 bits per heavy atom. The van der Waals surface area contributed by atoms with Crippen LogP contribution in [0.2, 0.25) is 0 Å². The molecule has 1 aromatic heterocycles. The van der Waals surface area contributed by atoms with Gasteiger partial charge in [-0.1, -0.05) is 0 Å². The summed E-state index contributed by atoms with van der Waals surface area (Å²) >= 11 is 0. The molecule has 0 bridgehead atoms. The molecule has 6 heteroatoms. The number of carbonyl (C=O) groups excluding carboxylic acids is 1. The number of hydrogen-bond acceptors (Lipinski definition) is 5. The monoisotopic (exact) mass is 244 g/mol. The van der Waals surface area contributed by atoms with Crippen LogP contribution in [-0.4, -0.2) is 24.0 Å². The molecule has 1 aliphatic rings. The predicted molar refractivity (Wildman–Crippen MR) is 67.9 cm³/mol. The summed E-state index contributed by atoms with van der Waals surface area (Å²) in [5.74, 6) is -0.243. The van der Waals surface area contributed by atoms with Crippen molar-refractivity contribution in [2.75, 3.05) is 29.0 Å². The first-order chi connectivity index (χ1) is 8.83. The second-order valence-electron chi connectivity index (χ2n) is 3.91. The second kappa shape index (κ2) is 4.40. The van der Waals surface area contributed by atoms with Crippen LogP contribution in [0.4, 0.5) is 17.4 Å². The number of benzene rings is 1. The molecule has 0 saturated heterocycles. The van der Waals surface area contributed by atoms with Gasteiger partial charge in [0.2, 0.25) is 0 Å². The van der Waals surface area contributed by atoms with Gasteiger partial charge >= 0.3 is 6.01 Å². The number of hydrogen-bond donors (Lipinski definition) is 3. The Balaban J connectivity index is 1.81. The summed E-state index contributed by atoms with van der Waals surface area (Å²) in [6, 6.07) is 5.65. The molecule has 0 spiro atoms. The maximum atomic E-state index is 11.9. The van der Waals surface area contributed by atoms with Crippen LogP contribution in [0.1, 0.15) is 10.4 Å². The van der Waals surface area contributed by atoms with Crippen LogP contribution < -0.4 is 16.0 Å². The molecule has 0 unspecified atom stereocenters. The number of nitrogens with one attached hydrogen (secondary N) is 3. The van der Waals surface area contributed by atoms with Gasteiger partial charge in [0, 0.05) is 18.7 Å². The van der Waals surface area contributed by atoms with E-state index < -0.39 is 0 Å². The summed E-state index contributed by atoms with van der Waals surface area (Å²) in [6.07, 6.45) is 2.89. The van der Waals surface area contributed by atoms with Crippen LogP contribution in [0.5, 0.6) is 0 Å². The molecule has 0 radical (unpaired) electrons. The lowest BCUT2D eigenvalue weighted by atomic mass is 10.1. The molecule has 0 fully saturated rings. The molecule has 0 saturated carbocycles. The van der Waals surface area contributed by atoms with Crippen molar-refractivity contribution in [3.8, 4) is 0 Å². The molecular formula is C12H12N4O2. The maximum Gasteiger partial charge on any atom is 0.301 e. The zero-order valence-corrected chi connectivity index (χ0v) is 9.56. The average molecular weight is 244 g/mol. The number of carbonyl (C=O) groups is 1. The molecule has 2 aromatic rings. The van der Waals surface area contributed by atoms with Gasteiger partial charge in [-0.05, 0) is 18.2 Å². The van der Waals surface area contributed by atoms with E-state index in [1.807, 2.05) is 6.07 Å². The largest absolute Gasteiger partial charge is 0.432 e. The fourth-order valence-electron chi connectivity index (χ4n) is 1.83. The first kappa shape index (κ1) is 10.6. The van der Waals surface area contributed by atoms with E-state index in [1.54, 1.807) is 12.1 Å². The number of oxazole rings is 1. The summed E-state index contributed by atoms with van der Waals surface area (Å²) in [7, 11) is 0. The summed E-state index contributed by atoms with van der Waals surface area (Å²) in [5.41, 5.74) is 2.50. The van der Waals surface area contributed by atoms with Gasteiger partial charge in [-0.2, -0.15) is 0 Å². The van der Waals surface area contributed by atoms with E-state index in [-0.39, 0.29) is 11.9 Å². The van der Waals surface area contributed by atoms with Crippen LogP contribution in [0, 0.1) is 0 Å². The Labute approximate surface area is 103 Å². The van der Waals surface area contributed by atoms with Crippen molar-refractivity contribution in [1.29, 1.82) is 0 Å². The summed E-state index contributed by atoms with van der Waals surface area (Å²) in [6.45, 7) is 1.73. The van der Waals surface area contributed by atoms with Gasteiger partial charge in [-0.15, -0.1) is 0 Å². The van der Waals surface area contributed by atoms with Gasteiger partial charge in [-0.3, -0.25) is 10.1 Å². The molecule has 0 aliphatic carbocycles. The van der Waals surface area contributed by atoms with E-state index in [0.717, 1.165) is 24.5 Å². The van der Waals surface area contributed by atoms with Crippen LogP contribution in [-0.2, 0) is 0 Å². The zero-order valence-electron chi connectivity index (χ0n) is 9.56. The summed E-state index contributed by atoms with van der Waals surface area (Å²) < 4.78 is 4.97. The van der Waals surface area contributed by atoms with Crippen LogP contribution in [0.25, 0.3) is 0 Å². The first-order valence-electron chi connectivity index (χ1n) is 5.65. The lowest BCUT2D eigenvalue weighted by Gasteiger charge is -2.20. The van der Waals surface area contributed by atoms with Gasteiger partial charge in [0.05, 0.1) is 17.6 Å². The van der Waals surface area contributed by atoms with E-state index in [9.17, 15) is 4.79 Å². The number of amides is 1. The van der Waals surface area contributed by atoms with Crippen LogP contribution in [0.15, 0.2) is 35.1 Å². The third kappa shape index (κ3) is 2.00. The Bertz CT molecular complexity index is 565. The SMILES string of the molecule is O=C(Nc1ncco1)c1ccc2c(c1)NCCN2. The van der Waals surface area contributed by atoms with Gasteiger partial charge in [0.15, 0.2) is 0 Å². The molecule has 6 nitrogen and oxygen atoms in total. The molecule has 1 aliphatic heterocycles. The molecule has 1 amide bonds. The minimum Gasteiger partial charge on any atom is -0.432 e. The zero-order chi connectivity index (χ0) is 12.4. The van der Waals surface area contributed by atoms with E-state index in [1.165, 1.54) is 12.5 Å². The van der Waals surface area contributed by atoms with Gasteiger partial charge in [0.1, 0.15) is 6.26 Å². The van der Waals surface area contributed by atoms with Crippen molar-refractivity contribution in [3.05, 3.63) is 36.2 Å². The molecule has 18 heavy (non-hydrogen) atoms. The number of fused-ring (bicyclic) bond motifs is 1. The fourth-order valence-corrected chi connectivity index (χ4v) is 1.83. The van der Waals surface area contributed by atoms with Gasteiger partial charge < -0.3 is 15.1 Å². The Morgan fingerprint density at radius 1 is 1.28 bits per heavy atom. The van der Waals surface area contributed by atoms with Crippen molar-refractivity contribution in [2.45, 2.75) is 0 Å². The third-order valence-corrected chi connectivity index (χ3v) is 2.69. The fraction of sp³-hybridized carbons (Fsp3) is 0.167.